The molecule has 0 aromatic heterocycles. The Labute approximate surface area is 126 Å². The molecule has 1 fully saturated rings. The van der Waals surface area contributed by atoms with Gasteiger partial charge in [0.2, 0.25) is 0 Å². The summed E-state index contributed by atoms with van der Waals surface area (Å²) in [7, 11) is 1.66. The van der Waals surface area contributed by atoms with E-state index in [4.69, 9.17) is 9.84 Å². The van der Waals surface area contributed by atoms with Crippen LogP contribution >= 0.6 is 0 Å². The summed E-state index contributed by atoms with van der Waals surface area (Å²) in [6, 6.07) is 6.22. The average molecular weight is 291 g/mol. The van der Waals surface area contributed by atoms with Crippen LogP contribution in [0.2, 0.25) is 0 Å². The quantitative estimate of drug-likeness (QED) is 0.748. The summed E-state index contributed by atoms with van der Waals surface area (Å²) in [6.07, 6.45) is 4.51. The molecular weight excluding hydrogens is 266 g/mol. The monoisotopic (exact) mass is 291 g/mol. The van der Waals surface area contributed by atoms with Gasteiger partial charge in [-0.2, -0.15) is 0 Å². The lowest BCUT2D eigenvalue weighted by atomic mass is 9.90. The number of benzene rings is 1. The van der Waals surface area contributed by atoms with Crippen LogP contribution in [-0.2, 0) is 6.54 Å². The lowest BCUT2D eigenvalue weighted by Crippen LogP contribution is -2.40. The number of carbonyl (C=O) groups is 1. The number of hydrogen-bond acceptors (Lipinski definition) is 4. The molecule has 116 valence electrons. The van der Waals surface area contributed by atoms with Crippen LogP contribution in [0.5, 0.6) is 5.75 Å². The molecule has 0 atom stereocenters. The molecule has 0 spiro atoms. The Bertz CT molecular complexity index is 483. The minimum atomic E-state index is 0.0736. The number of aliphatic hydroxyl groups excluding tert-OH is 1. The Morgan fingerprint density at radius 2 is 2.19 bits per heavy atom. The van der Waals surface area contributed by atoms with E-state index in [0.29, 0.717) is 6.04 Å². The van der Waals surface area contributed by atoms with E-state index in [1.165, 1.54) is 19.3 Å². The summed E-state index contributed by atoms with van der Waals surface area (Å²) < 4.78 is 5.43. The van der Waals surface area contributed by atoms with Gasteiger partial charge in [0.25, 0.3) is 0 Å². The second-order valence-corrected chi connectivity index (χ2v) is 5.72. The number of hydrogen-bond donors (Lipinski definition) is 1. The Balaban J connectivity index is 2.17. The predicted octanol–water partition coefficient (Wildman–Crippen LogP) is 2.63. The van der Waals surface area contributed by atoms with Gasteiger partial charge in [0.15, 0.2) is 5.78 Å². The number of rotatable bonds is 8. The van der Waals surface area contributed by atoms with E-state index in [-0.39, 0.29) is 12.4 Å². The summed E-state index contributed by atoms with van der Waals surface area (Å²) in [5.74, 6) is 0.901. The molecule has 0 saturated heterocycles. The third-order valence-corrected chi connectivity index (χ3v) is 4.25. The van der Waals surface area contributed by atoms with Crippen molar-refractivity contribution in [2.24, 2.45) is 0 Å². The van der Waals surface area contributed by atoms with Gasteiger partial charge in [-0.3, -0.25) is 9.69 Å². The second kappa shape index (κ2) is 7.57. The maximum absolute atomic E-state index is 11.6. The van der Waals surface area contributed by atoms with Crippen molar-refractivity contribution in [3.63, 3.8) is 0 Å². The lowest BCUT2D eigenvalue weighted by molar-refractivity contribution is 0.101. The van der Waals surface area contributed by atoms with E-state index in [2.05, 4.69) is 4.90 Å². The molecule has 1 aromatic carbocycles. The Morgan fingerprint density at radius 3 is 2.71 bits per heavy atom. The number of methoxy groups -OCH3 is 1. The zero-order chi connectivity index (χ0) is 15.2. The highest BCUT2D eigenvalue weighted by Crippen LogP contribution is 2.29. The van der Waals surface area contributed by atoms with Crippen molar-refractivity contribution >= 4 is 5.78 Å². The largest absolute Gasteiger partial charge is 0.496 e. The third kappa shape index (κ3) is 4.05. The predicted molar refractivity (Wildman–Crippen MR) is 82.8 cm³/mol. The van der Waals surface area contributed by atoms with E-state index in [1.54, 1.807) is 14.0 Å². The molecule has 0 heterocycles. The van der Waals surface area contributed by atoms with Gasteiger partial charge in [0.05, 0.1) is 7.11 Å². The van der Waals surface area contributed by atoms with Gasteiger partial charge in [-0.05, 0) is 44.4 Å². The molecule has 0 amide bonds. The fourth-order valence-electron chi connectivity index (χ4n) is 2.76. The zero-order valence-corrected chi connectivity index (χ0v) is 13.0. The molecule has 1 saturated carbocycles. The highest BCUT2D eigenvalue weighted by Gasteiger charge is 2.25. The van der Waals surface area contributed by atoms with Crippen LogP contribution in [0, 0.1) is 0 Å². The standard InChI is InChI=1S/C17H25NO3/c1-13(20)14-7-8-17(21-2)15(11-14)12-18(9-4-10-19)16-5-3-6-16/h7-8,11,16,19H,3-6,9-10,12H2,1-2H3. The summed E-state index contributed by atoms with van der Waals surface area (Å²) in [5, 5.41) is 9.08. The Morgan fingerprint density at radius 1 is 1.43 bits per heavy atom. The van der Waals surface area contributed by atoms with Crippen LogP contribution in [0.4, 0.5) is 0 Å². The normalized spacial score (nSPS) is 15.0. The summed E-state index contributed by atoms with van der Waals surface area (Å²) in [6.45, 7) is 3.46. The fraction of sp³-hybridized carbons (Fsp3) is 0.588. The van der Waals surface area contributed by atoms with Gasteiger partial charge in [0.1, 0.15) is 5.75 Å². The van der Waals surface area contributed by atoms with E-state index in [1.807, 2.05) is 18.2 Å². The van der Waals surface area contributed by atoms with Gasteiger partial charge >= 0.3 is 0 Å². The van der Waals surface area contributed by atoms with E-state index >= 15 is 0 Å². The van der Waals surface area contributed by atoms with Gasteiger partial charge < -0.3 is 9.84 Å². The van der Waals surface area contributed by atoms with Crippen LogP contribution in [0.3, 0.4) is 0 Å². The number of aliphatic hydroxyl groups is 1. The van der Waals surface area contributed by atoms with Crippen molar-refractivity contribution in [1.29, 1.82) is 0 Å². The van der Waals surface area contributed by atoms with Gasteiger partial charge in [-0.1, -0.05) is 6.42 Å². The molecule has 1 N–H and O–H groups in total. The minimum absolute atomic E-state index is 0.0736. The van der Waals surface area contributed by atoms with Gasteiger partial charge in [-0.25, -0.2) is 0 Å². The first kappa shape index (κ1) is 16.0. The van der Waals surface area contributed by atoms with Crippen molar-refractivity contribution in [2.75, 3.05) is 20.3 Å². The van der Waals surface area contributed by atoms with Gasteiger partial charge in [-0.15, -0.1) is 0 Å². The molecule has 0 aliphatic heterocycles. The van der Waals surface area contributed by atoms with Crippen molar-refractivity contribution < 1.29 is 14.6 Å². The first-order chi connectivity index (χ1) is 10.2. The first-order valence-corrected chi connectivity index (χ1v) is 7.68. The number of nitrogens with zero attached hydrogens (tertiary/aromatic N) is 1. The van der Waals surface area contributed by atoms with Crippen molar-refractivity contribution in [1.82, 2.24) is 4.90 Å². The maximum atomic E-state index is 11.6. The zero-order valence-electron chi connectivity index (χ0n) is 13.0. The molecule has 1 aromatic rings. The van der Waals surface area contributed by atoms with Crippen LogP contribution in [0.25, 0.3) is 0 Å². The van der Waals surface area contributed by atoms with Crippen molar-refractivity contribution in [3.8, 4) is 5.75 Å². The topological polar surface area (TPSA) is 49.8 Å². The van der Waals surface area contributed by atoms with Gasteiger partial charge in [0, 0.05) is 36.9 Å². The molecule has 1 aliphatic carbocycles. The fourth-order valence-corrected chi connectivity index (χ4v) is 2.76. The Kier molecular flexibility index (Phi) is 5.76. The van der Waals surface area contributed by atoms with Crippen LogP contribution < -0.4 is 4.74 Å². The molecule has 4 nitrogen and oxygen atoms in total. The average Bonchev–Trinajstić information content (AvgIpc) is 2.42. The van der Waals surface area contributed by atoms with Crippen molar-refractivity contribution in [3.05, 3.63) is 29.3 Å². The molecule has 0 bridgehead atoms. The number of carbonyl (C=O) groups excluding carboxylic acids is 1. The molecule has 1 aliphatic rings. The number of ketones is 1. The minimum Gasteiger partial charge on any atom is -0.496 e. The number of Topliss-reactive ketones (excluding diaryl/α,β-unsaturated/α-hetero) is 1. The highest BCUT2D eigenvalue weighted by molar-refractivity contribution is 5.94. The van der Waals surface area contributed by atoms with E-state index < -0.39 is 0 Å². The van der Waals surface area contributed by atoms with Crippen LogP contribution in [-0.4, -0.2) is 42.1 Å². The smallest absolute Gasteiger partial charge is 0.159 e. The van der Waals surface area contributed by atoms with Crippen molar-refractivity contribution in [2.45, 2.75) is 45.2 Å². The molecule has 0 radical (unpaired) electrons. The second-order valence-electron chi connectivity index (χ2n) is 5.72. The van der Waals surface area contributed by atoms with Crippen LogP contribution in [0.1, 0.15) is 48.5 Å². The third-order valence-electron chi connectivity index (χ3n) is 4.25. The van der Waals surface area contributed by atoms with E-state index in [9.17, 15) is 4.79 Å². The molecule has 4 heteroatoms. The number of ether oxygens (including phenoxy) is 1. The highest BCUT2D eigenvalue weighted by atomic mass is 16.5. The SMILES string of the molecule is COc1ccc(C(C)=O)cc1CN(CCCO)C1CCC1. The van der Waals surface area contributed by atoms with E-state index in [0.717, 1.165) is 36.4 Å². The molecule has 2 rings (SSSR count). The lowest BCUT2D eigenvalue weighted by Gasteiger charge is -2.38. The molecule has 21 heavy (non-hydrogen) atoms. The summed E-state index contributed by atoms with van der Waals surface area (Å²) in [5.41, 5.74) is 1.77. The first-order valence-electron chi connectivity index (χ1n) is 7.68. The molecule has 0 unspecified atom stereocenters. The summed E-state index contributed by atoms with van der Waals surface area (Å²) in [4.78, 5) is 14.0. The molecular formula is C17H25NO3. The summed E-state index contributed by atoms with van der Waals surface area (Å²) >= 11 is 0. The Hall–Kier alpha value is -1.39. The van der Waals surface area contributed by atoms with Crippen LogP contribution in [0.15, 0.2) is 18.2 Å². The maximum Gasteiger partial charge on any atom is 0.159 e.